The molecule has 0 aromatic heterocycles. The SMILES string of the molecule is CCC(C(=O)OC(C)(C)C)N1C(=O)C(CC(=O)O)OCC1c1ccc(Cl)cc1.Clc1ccccc1. The van der Waals surface area contributed by atoms with Gasteiger partial charge in [0, 0.05) is 10.0 Å². The van der Waals surface area contributed by atoms with Gasteiger partial charge in [-0.3, -0.25) is 9.59 Å². The van der Waals surface area contributed by atoms with Crippen molar-refractivity contribution in [3.05, 3.63) is 70.2 Å². The number of hydrogen-bond acceptors (Lipinski definition) is 5. The number of carbonyl (C=O) groups is 3. The van der Waals surface area contributed by atoms with Gasteiger partial charge < -0.3 is 19.5 Å². The Morgan fingerprint density at radius 1 is 1.09 bits per heavy atom. The normalized spacial score (nSPS) is 18.8. The molecule has 3 rings (SSSR count). The van der Waals surface area contributed by atoms with Crippen LogP contribution in [0.2, 0.25) is 10.0 Å². The van der Waals surface area contributed by atoms with Crippen LogP contribution in [0, 0.1) is 0 Å². The zero-order valence-electron chi connectivity index (χ0n) is 20.2. The average molecular weight is 524 g/mol. The summed E-state index contributed by atoms with van der Waals surface area (Å²) >= 11 is 11.5. The maximum atomic E-state index is 13.1. The van der Waals surface area contributed by atoms with Gasteiger partial charge in [0.15, 0.2) is 0 Å². The number of ether oxygens (including phenoxy) is 2. The summed E-state index contributed by atoms with van der Waals surface area (Å²) in [6, 6.07) is 14.9. The minimum atomic E-state index is -1.14. The topological polar surface area (TPSA) is 93.1 Å². The number of esters is 1. The molecule has 0 saturated carbocycles. The van der Waals surface area contributed by atoms with Crippen LogP contribution in [0.4, 0.5) is 0 Å². The second-order valence-corrected chi connectivity index (χ2v) is 9.86. The Morgan fingerprint density at radius 3 is 2.11 bits per heavy atom. The zero-order chi connectivity index (χ0) is 26.2. The molecule has 1 heterocycles. The lowest BCUT2D eigenvalue weighted by molar-refractivity contribution is -0.180. The van der Waals surface area contributed by atoms with Crippen molar-refractivity contribution in [2.75, 3.05) is 6.61 Å². The van der Waals surface area contributed by atoms with E-state index in [-0.39, 0.29) is 6.61 Å². The molecule has 35 heavy (non-hydrogen) atoms. The number of nitrogens with zero attached hydrogens (tertiary/aromatic N) is 1. The standard InChI is InChI=1S/C20H26ClNO6.C6H5Cl/c1-5-14(19(26)28-20(2,3)4)22-15(12-6-8-13(21)9-7-12)11-27-16(18(22)25)10-17(23)24;7-6-4-2-1-3-5-6/h6-9,14-16H,5,10-11H2,1-4H3,(H,23,24);1-5H. The van der Waals surface area contributed by atoms with Crippen LogP contribution in [-0.4, -0.2) is 52.2 Å². The quantitative estimate of drug-likeness (QED) is 0.499. The molecular weight excluding hydrogens is 493 g/mol. The van der Waals surface area contributed by atoms with Crippen molar-refractivity contribution in [1.82, 2.24) is 4.90 Å². The largest absolute Gasteiger partial charge is 0.481 e. The fraction of sp³-hybridized carbons (Fsp3) is 0.423. The minimum absolute atomic E-state index is 0.0740. The van der Waals surface area contributed by atoms with Gasteiger partial charge in [0.1, 0.15) is 17.7 Å². The van der Waals surface area contributed by atoms with E-state index >= 15 is 0 Å². The van der Waals surface area contributed by atoms with Crippen LogP contribution >= 0.6 is 23.2 Å². The van der Waals surface area contributed by atoms with E-state index in [0.717, 1.165) is 10.6 Å². The number of amides is 1. The fourth-order valence-corrected chi connectivity index (χ4v) is 3.83. The van der Waals surface area contributed by atoms with E-state index in [4.69, 9.17) is 37.8 Å². The van der Waals surface area contributed by atoms with Crippen LogP contribution in [0.5, 0.6) is 0 Å². The third kappa shape index (κ3) is 8.84. The summed E-state index contributed by atoms with van der Waals surface area (Å²) in [4.78, 5) is 38.4. The molecule has 0 spiro atoms. The number of rotatable bonds is 6. The summed E-state index contributed by atoms with van der Waals surface area (Å²) in [6.07, 6.45) is -1.28. The maximum absolute atomic E-state index is 13.1. The first-order valence-electron chi connectivity index (χ1n) is 11.3. The highest BCUT2D eigenvalue weighted by Gasteiger charge is 2.44. The highest BCUT2D eigenvalue weighted by atomic mass is 35.5. The third-order valence-corrected chi connectivity index (χ3v) is 5.57. The molecule has 7 nitrogen and oxygen atoms in total. The molecule has 1 aliphatic heterocycles. The van der Waals surface area contributed by atoms with Crippen LogP contribution in [0.15, 0.2) is 54.6 Å². The highest BCUT2D eigenvalue weighted by Crippen LogP contribution is 2.32. The summed E-state index contributed by atoms with van der Waals surface area (Å²) in [5.74, 6) is -2.21. The number of carboxylic acids is 1. The van der Waals surface area contributed by atoms with Crippen molar-refractivity contribution < 1.29 is 29.0 Å². The van der Waals surface area contributed by atoms with Gasteiger partial charge in [-0.15, -0.1) is 0 Å². The van der Waals surface area contributed by atoms with Crippen LogP contribution in [0.25, 0.3) is 0 Å². The molecule has 3 atom stereocenters. The van der Waals surface area contributed by atoms with E-state index in [1.54, 1.807) is 52.0 Å². The van der Waals surface area contributed by atoms with Crippen molar-refractivity contribution in [1.29, 1.82) is 0 Å². The van der Waals surface area contributed by atoms with Gasteiger partial charge in [0.25, 0.3) is 5.91 Å². The van der Waals surface area contributed by atoms with Gasteiger partial charge in [0.2, 0.25) is 0 Å². The van der Waals surface area contributed by atoms with Crippen LogP contribution < -0.4 is 0 Å². The molecule has 190 valence electrons. The number of hydrogen-bond donors (Lipinski definition) is 1. The second kappa shape index (κ2) is 12.9. The first-order valence-corrected chi connectivity index (χ1v) is 12.0. The van der Waals surface area contributed by atoms with E-state index in [1.165, 1.54) is 4.90 Å². The first kappa shape index (κ1) is 28.6. The number of carbonyl (C=O) groups excluding carboxylic acids is 2. The van der Waals surface area contributed by atoms with Gasteiger partial charge in [0.05, 0.1) is 19.1 Å². The van der Waals surface area contributed by atoms with Crippen molar-refractivity contribution in [3.63, 3.8) is 0 Å². The van der Waals surface area contributed by atoms with Crippen LogP contribution in [0.3, 0.4) is 0 Å². The van der Waals surface area contributed by atoms with Gasteiger partial charge in [-0.25, -0.2) is 4.79 Å². The van der Waals surface area contributed by atoms with Crippen molar-refractivity contribution in [2.24, 2.45) is 0 Å². The Morgan fingerprint density at radius 2 is 1.66 bits per heavy atom. The van der Waals surface area contributed by atoms with Gasteiger partial charge in [-0.1, -0.05) is 60.5 Å². The van der Waals surface area contributed by atoms with E-state index in [1.807, 2.05) is 30.3 Å². The number of morpholine rings is 1. The molecule has 1 fully saturated rings. The summed E-state index contributed by atoms with van der Waals surface area (Å²) in [6.45, 7) is 7.11. The first-order chi connectivity index (χ1) is 16.4. The Labute approximate surface area is 215 Å². The Kier molecular flexibility index (Phi) is 10.6. The average Bonchev–Trinajstić information content (AvgIpc) is 2.77. The van der Waals surface area contributed by atoms with E-state index in [2.05, 4.69) is 0 Å². The third-order valence-electron chi connectivity index (χ3n) is 5.07. The Hall–Kier alpha value is -2.61. The summed E-state index contributed by atoms with van der Waals surface area (Å²) in [5.41, 5.74) is 0.0318. The Balaban J connectivity index is 0.000000527. The van der Waals surface area contributed by atoms with Gasteiger partial charge in [-0.2, -0.15) is 0 Å². The number of aliphatic carboxylic acids is 1. The number of carboxylic acid groups (broad SMARTS) is 1. The molecule has 2 aromatic carbocycles. The molecule has 3 unspecified atom stereocenters. The van der Waals surface area contributed by atoms with Crippen molar-refractivity contribution in [2.45, 2.75) is 64.3 Å². The lowest BCUT2D eigenvalue weighted by Gasteiger charge is -2.43. The zero-order valence-corrected chi connectivity index (χ0v) is 21.8. The maximum Gasteiger partial charge on any atom is 0.329 e. The summed E-state index contributed by atoms with van der Waals surface area (Å²) in [5, 5.41) is 10.4. The van der Waals surface area contributed by atoms with Crippen LogP contribution in [0.1, 0.15) is 52.1 Å². The summed E-state index contributed by atoms with van der Waals surface area (Å²) in [7, 11) is 0. The fourth-order valence-electron chi connectivity index (χ4n) is 3.56. The lowest BCUT2D eigenvalue weighted by Crippen LogP contribution is -2.57. The predicted octanol–water partition coefficient (Wildman–Crippen LogP) is 5.54. The van der Waals surface area contributed by atoms with Gasteiger partial charge >= 0.3 is 11.9 Å². The summed E-state index contributed by atoms with van der Waals surface area (Å²) < 4.78 is 11.0. The number of halogens is 2. The van der Waals surface area contributed by atoms with Crippen LogP contribution in [-0.2, 0) is 23.9 Å². The van der Waals surface area contributed by atoms with E-state index in [0.29, 0.717) is 11.4 Å². The molecular formula is C26H31Cl2NO6. The lowest BCUT2D eigenvalue weighted by atomic mass is 9.98. The highest BCUT2D eigenvalue weighted by molar-refractivity contribution is 6.30. The molecule has 1 amide bonds. The molecule has 0 bridgehead atoms. The smallest absolute Gasteiger partial charge is 0.329 e. The molecule has 1 aliphatic rings. The number of benzene rings is 2. The van der Waals surface area contributed by atoms with E-state index in [9.17, 15) is 14.4 Å². The minimum Gasteiger partial charge on any atom is -0.481 e. The monoisotopic (exact) mass is 523 g/mol. The van der Waals surface area contributed by atoms with Crippen molar-refractivity contribution in [3.8, 4) is 0 Å². The molecule has 2 aromatic rings. The predicted molar refractivity (Wildman–Crippen MR) is 134 cm³/mol. The molecule has 1 N–H and O–H groups in total. The molecule has 1 saturated heterocycles. The van der Waals surface area contributed by atoms with E-state index < -0.39 is 48.1 Å². The van der Waals surface area contributed by atoms with Crippen molar-refractivity contribution >= 4 is 41.0 Å². The molecule has 0 aliphatic carbocycles. The second-order valence-electron chi connectivity index (χ2n) is 8.99. The van der Waals surface area contributed by atoms with Gasteiger partial charge in [-0.05, 0) is 57.0 Å². The molecule has 9 heteroatoms. The Bertz CT molecular complexity index is 991. The molecule has 0 radical (unpaired) electrons.